The second-order valence-electron chi connectivity index (χ2n) is 3.75. The van der Waals surface area contributed by atoms with Crippen molar-refractivity contribution in [1.29, 1.82) is 0 Å². The van der Waals surface area contributed by atoms with Gasteiger partial charge in [0.1, 0.15) is 0 Å². The molecule has 86 valence electrons. The Kier molecular flexibility index (Phi) is 3.78. The van der Waals surface area contributed by atoms with Gasteiger partial charge in [-0.25, -0.2) is 0 Å². The molecule has 0 saturated carbocycles. The second-order valence-corrected chi connectivity index (χ2v) is 5.66. The molecular weight excluding hydrogens is 286 g/mol. The van der Waals surface area contributed by atoms with Crippen LogP contribution in [-0.4, -0.2) is 9.78 Å². The van der Waals surface area contributed by atoms with Gasteiger partial charge in [0.15, 0.2) is 0 Å². The van der Waals surface area contributed by atoms with Gasteiger partial charge in [0, 0.05) is 46.6 Å². The third-order valence-electron chi connectivity index (χ3n) is 2.35. The fraction of sp³-hybridized carbons (Fsp3) is 0.364. The molecule has 2 aromatic heterocycles. The minimum Gasteiger partial charge on any atom is -0.308 e. The first kappa shape index (κ1) is 11.8. The first-order valence-electron chi connectivity index (χ1n) is 5.08. The van der Waals surface area contributed by atoms with Crippen LogP contribution < -0.4 is 5.32 Å². The highest BCUT2D eigenvalue weighted by Crippen LogP contribution is 2.19. The highest BCUT2D eigenvalue weighted by atomic mass is 79.9. The van der Waals surface area contributed by atoms with Crippen LogP contribution in [0.15, 0.2) is 22.1 Å². The summed E-state index contributed by atoms with van der Waals surface area (Å²) in [6, 6.07) is 2.15. The van der Waals surface area contributed by atoms with Crippen LogP contribution >= 0.6 is 27.3 Å². The van der Waals surface area contributed by atoms with E-state index in [4.69, 9.17) is 0 Å². The van der Waals surface area contributed by atoms with Gasteiger partial charge < -0.3 is 5.32 Å². The molecule has 0 aliphatic heterocycles. The number of hydrogen-bond acceptors (Lipinski definition) is 3. The van der Waals surface area contributed by atoms with Gasteiger partial charge >= 0.3 is 0 Å². The van der Waals surface area contributed by atoms with Crippen molar-refractivity contribution >= 4 is 27.3 Å². The summed E-state index contributed by atoms with van der Waals surface area (Å²) in [4.78, 5) is 1.34. The number of aryl methyl sites for hydroxylation is 2. The molecule has 0 radical (unpaired) electrons. The molecule has 0 saturated heterocycles. The Morgan fingerprint density at radius 1 is 1.50 bits per heavy atom. The van der Waals surface area contributed by atoms with Gasteiger partial charge in [-0.1, -0.05) is 0 Å². The van der Waals surface area contributed by atoms with E-state index < -0.39 is 0 Å². The molecule has 2 heterocycles. The van der Waals surface area contributed by atoms with Gasteiger partial charge in [-0.05, 0) is 28.9 Å². The molecule has 0 fully saturated rings. The molecule has 3 nitrogen and oxygen atoms in total. The van der Waals surface area contributed by atoms with E-state index in [1.54, 1.807) is 11.3 Å². The minimum absolute atomic E-state index is 0.870. The molecule has 0 spiro atoms. The van der Waals surface area contributed by atoms with E-state index >= 15 is 0 Å². The maximum Gasteiger partial charge on any atom is 0.0638 e. The lowest BCUT2D eigenvalue weighted by Gasteiger charge is -2.01. The quantitative estimate of drug-likeness (QED) is 0.941. The lowest BCUT2D eigenvalue weighted by atomic mass is 10.2. The highest BCUT2D eigenvalue weighted by Gasteiger charge is 2.02. The summed E-state index contributed by atoms with van der Waals surface area (Å²) < 4.78 is 3.01. The monoisotopic (exact) mass is 299 g/mol. The predicted octanol–water partition coefficient (Wildman–Crippen LogP) is 2.84. The third kappa shape index (κ3) is 2.93. The summed E-state index contributed by atoms with van der Waals surface area (Å²) >= 11 is 5.22. The highest BCUT2D eigenvalue weighted by molar-refractivity contribution is 9.10. The van der Waals surface area contributed by atoms with Crippen molar-refractivity contribution in [1.82, 2.24) is 15.1 Å². The summed E-state index contributed by atoms with van der Waals surface area (Å²) in [5.74, 6) is 0. The van der Waals surface area contributed by atoms with E-state index in [0.29, 0.717) is 0 Å². The Bertz CT molecular complexity index is 475. The normalized spacial score (nSPS) is 10.9. The predicted molar refractivity (Wildman–Crippen MR) is 70.5 cm³/mol. The van der Waals surface area contributed by atoms with E-state index in [1.807, 2.05) is 18.7 Å². The van der Waals surface area contributed by atoms with Gasteiger partial charge in [-0.3, -0.25) is 4.68 Å². The van der Waals surface area contributed by atoms with Crippen molar-refractivity contribution < 1.29 is 0 Å². The fourth-order valence-electron chi connectivity index (χ4n) is 1.59. The van der Waals surface area contributed by atoms with E-state index in [2.05, 4.69) is 44.0 Å². The van der Waals surface area contributed by atoms with Gasteiger partial charge in [-0.2, -0.15) is 5.10 Å². The SMILES string of the molecule is Cc1nn(C)cc1CNCc1cc(Br)cs1. The molecule has 2 aromatic rings. The first-order valence-corrected chi connectivity index (χ1v) is 6.75. The molecule has 2 rings (SSSR count). The van der Waals surface area contributed by atoms with Crippen molar-refractivity contribution in [3.05, 3.63) is 38.3 Å². The maximum absolute atomic E-state index is 4.31. The lowest BCUT2D eigenvalue weighted by Crippen LogP contribution is -2.11. The van der Waals surface area contributed by atoms with Crippen LogP contribution in [0.3, 0.4) is 0 Å². The number of thiophene rings is 1. The molecule has 1 N–H and O–H groups in total. The Labute approximate surface area is 108 Å². The third-order valence-corrected chi connectivity index (χ3v) is 4.05. The topological polar surface area (TPSA) is 29.9 Å². The van der Waals surface area contributed by atoms with E-state index in [9.17, 15) is 0 Å². The van der Waals surface area contributed by atoms with Crippen LogP contribution in [0.5, 0.6) is 0 Å². The van der Waals surface area contributed by atoms with Crippen LogP contribution in [0.25, 0.3) is 0 Å². The smallest absolute Gasteiger partial charge is 0.0638 e. The molecule has 0 atom stereocenters. The van der Waals surface area contributed by atoms with Gasteiger partial charge in [0.25, 0.3) is 0 Å². The largest absolute Gasteiger partial charge is 0.308 e. The number of nitrogens with one attached hydrogen (secondary N) is 1. The zero-order valence-corrected chi connectivity index (χ0v) is 11.7. The van der Waals surface area contributed by atoms with E-state index in [1.165, 1.54) is 10.4 Å². The molecule has 0 aliphatic rings. The summed E-state index contributed by atoms with van der Waals surface area (Å²) in [5.41, 5.74) is 2.36. The number of hydrogen-bond donors (Lipinski definition) is 1. The Hall–Kier alpha value is -0.650. The first-order chi connectivity index (χ1) is 7.65. The molecule has 0 aliphatic carbocycles. The summed E-state index contributed by atoms with van der Waals surface area (Å²) in [7, 11) is 1.95. The zero-order chi connectivity index (χ0) is 11.5. The van der Waals surface area contributed by atoms with Crippen LogP contribution in [0, 0.1) is 6.92 Å². The van der Waals surface area contributed by atoms with Crippen molar-refractivity contribution in [3.8, 4) is 0 Å². The number of nitrogens with zero attached hydrogens (tertiary/aromatic N) is 2. The standard InChI is InChI=1S/C11H14BrN3S/c1-8-9(6-15(2)14-8)4-13-5-11-3-10(12)7-16-11/h3,6-7,13H,4-5H2,1-2H3. The zero-order valence-electron chi connectivity index (χ0n) is 9.33. The van der Waals surface area contributed by atoms with Crippen molar-refractivity contribution in [2.24, 2.45) is 7.05 Å². The summed E-state index contributed by atoms with van der Waals surface area (Å²) in [6.45, 7) is 3.82. The molecule has 16 heavy (non-hydrogen) atoms. The molecular formula is C11H14BrN3S. The average Bonchev–Trinajstić information content (AvgIpc) is 2.74. The number of rotatable bonds is 4. The number of halogens is 1. The van der Waals surface area contributed by atoms with Gasteiger partial charge in [0.2, 0.25) is 0 Å². The van der Waals surface area contributed by atoms with Crippen LogP contribution in [0.2, 0.25) is 0 Å². The van der Waals surface area contributed by atoms with Crippen molar-refractivity contribution in [2.45, 2.75) is 20.0 Å². The van der Waals surface area contributed by atoms with Crippen LogP contribution in [0.4, 0.5) is 0 Å². The Morgan fingerprint density at radius 3 is 2.88 bits per heavy atom. The van der Waals surface area contributed by atoms with Crippen LogP contribution in [-0.2, 0) is 20.1 Å². The van der Waals surface area contributed by atoms with Crippen molar-refractivity contribution in [3.63, 3.8) is 0 Å². The Balaban J connectivity index is 1.86. The average molecular weight is 300 g/mol. The molecule has 0 unspecified atom stereocenters. The molecule has 0 aromatic carbocycles. The fourth-order valence-corrected chi connectivity index (χ4v) is 3.01. The van der Waals surface area contributed by atoms with Crippen LogP contribution in [0.1, 0.15) is 16.1 Å². The molecule has 0 amide bonds. The van der Waals surface area contributed by atoms with Crippen molar-refractivity contribution in [2.75, 3.05) is 0 Å². The van der Waals surface area contributed by atoms with Gasteiger partial charge in [-0.15, -0.1) is 11.3 Å². The summed E-state index contributed by atoms with van der Waals surface area (Å²) in [6.07, 6.45) is 2.06. The van der Waals surface area contributed by atoms with E-state index in [0.717, 1.165) is 23.3 Å². The van der Waals surface area contributed by atoms with Gasteiger partial charge in [0.05, 0.1) is 5.69 Å². The number of aromatic nitrogens is 2. The summed E-state index contributed by atoms with van der Waals surface area (Å²) in [5, 5.41) is 9.84. The lowest BCUT2D eigenvalue weighted by molar-refractivity contribution is 0.697. The molecule has 0 bridgehead atoms. The van der Waals surface area contributed by atoms with E-state index in [-0.39, 0.29) is 0 Å². The minimum atomic E-state index is 0.870. The maximum atomic E-state index is 4.31. The molecule has 5 heteroatoms. The Morgan fingerprint density at radius 2 is 2.31 bits per heavy atom. The second kappa shape index (κ2) is 5.12.